The Hall–Kier alpha value is -9.38. The summed E-state index contributed by atoms with van der Waals surface area (Å²) in [6.07, 6.45) is 7.38. The van der Waals surface area contributed by atoms with Gasteiger partial charge in [-0.25, -0.2) is 9.97 Å². The lowest BCUT2D eigenvalue weighted by atomic mass is 9.86. The predicted octanol–water partition coefficient (Wildman–Crippen LogP) is 17.3. The Morgan fingerprint density at radius 2 is 0.649 bits per heavy atom. The predicted molar refractivity (Wildman–Crippen MR) is 306 cm³/mol. The molecule has 12 aromatic rings. The van der Waals surface area contributed by atoms with Crippen LogP contribution in [0.5, 0.6) is 0 Å². The quantitative estimate of drug-likeness (QED) is 0.109. The molecule has 0 aliphatic heterocycles. The minimum Gasteiger partial charge on any atom is -0.256 e. The van der Waals surface area contributed by atoms with Gasteiger partial charge in [0.2, 0.25) is 0 Å². The lowest BCUT2D eigenvalue weighted by Gasteiger charge is -2.19. The van der Waals surface area contributed by atoms with E-state index in [0.29, 0.717) is 0 Å². The Morgan fingerprint density at radius 3 is 1.20 bits per heavy atom. The topological polar surface area (TPSA) is 51.6 Å². The molecule has 0 aliphatic rings. The van der Waals surface area contributed by atoms with Gasteiger partial charge in [0.15, 0.2) is 0 Å². The highest BCUT2D eigenvalue weighted by atomic mass is 14.8. The Balaban J connectivity index is 0.950. The number of fused-ring (bicyclic) bond motifs is 1. The van der Waals surface area contributed by atoms with Crippen LogP contribution in [-0.2, 0) is 25.7 Å². The zero-order chi connectivity index (χ0) is 49.5. The number of hydrogen-bond donors (Lipinski definition) is 0. The number of rotatable bonds is 14. The zero-order valence-corrected chi connectivity index (χ0v) is 41.0. The molecule has 4 heteroatoms. The van der Waals surface area contributed by atoms with E-state index >= 15 is 0 Å². The maximum absolute atomic E-state index is 5.34. The van der Waals surface area contributed by atoms with Gasteiger partial charge in [-0.1, -0.05) is 212 Å². The maximum atomic E-state index is 5.34. The summed E-state index contributed by atoms with van der Waals surface area (Å²) in [6, 6.07) is 91.2. The van der Waals surface area contributed by atoms with Crippen LogP contribution in [0.3, 0.4) is 0 Å². The zero-order valence-electron chi connectivity index (χ0n) is 41.0. The average Bonchev–Trinajstić information content (AvgIpc) is 3.49. The van der Waals surface area contributed by atoms with Gasteiger partial charge in [-0.05, 0) is 135 Å². The van der Waals surface area contributed by atoms with Crippen LogP contribution < -0.4 is 0 Å². The third-order valence-corrected chi connectivity index (χ3v) is 14.0. The van der Waals surface area contributed by atoms with Crippen molar-refractivity contribution in [3.63, 3.8) is 0 Å². The molecule has 4 nitrogen and oxygen atoms in total. The van der Waals surface area contributed by atoms with Gasteiger partial charge < -0.3 is 0 Å². The van der Waals surface area contributed by atoms with Gasteiger partial charge in [-0.15, -0.1) is 0 Å². The first-order valence-corrected chi connectivity index (χ1v) is 25.5. The molecule has 74 heavy (non-hydrogen) atoms. The minimum atomic E-state index is 0.854. The van der Waals surface area contributed by atoms with Gasteiger partial charge in [-0.2, -0.15) is 0 Å². The first-order chi connectivity index (χ1) is 36.6. The van der Waals surface area contributed by atoms with Crippen molar-refractivity contribution >= 4 is 11.0 Å². The van der Waals surface area contributed by atoms with Crippen molar-refractivity contribution in [2.45, 2.75) is 25.7 Å². The summed E-state index contributed by atoms with van der Waals surface area (Å²) >= 11 is 0. The Morgan fingerprint density at radius 1 is 0.230 bits per heavy atom. The van der Waals surface area contributed by atoms with Crippen molar-refractivity contribution in [1.29, 1.82) is 0 Å². The highest BCUT2D eigenvalue weighted by Crippen LogP contribution is 2.42. The second kappa shape index (κ2) is 21.1. The van der Waals surface area contributed by atoms with Crippen molar-refractivity contribution in [2.24, 2.45) is 0 Å². The molecule has 3 aromatic heterocycles. The molecule has 0 spiro atoms. The summed E-state index contributed by atoms with van der Waals surface area (Å²) in [5.74, 6) is 0. The molecule has 3 heterocycles. The number of para-hydroxylation sites is 2. The number of nitrogens with zero attached hydrogens (tertiary/aromatic N) is 4. The first kappa shape index (κ1) is 45.7. The molecule has 0 radical (unpaired) electrons. The standard InChI is InChI=1S/C70H52N4/c1-3-15-53(16-4-1)54-37-39-55(40-38-54)64-48-59(70-69(58-17-5-2-6-18-58)73-67-23-9-10-24-68(67)74-70)41-42-63(64)62-20-8-7-19-61(62)60-46-51(27-25-49-29-33-56(34-30-49)65-21-11-13-43-71-65)45-52(47-60)28-26-50-31-35-57(36-32-50)66-22-12-14-44-72-66/h1-24,29-48H,25-28H2. The van der Waals surface area contributed by atoms with E-state index in [1.54, 1.807) is 0 Å². The molecule has 0 unspecified atom stereocenters. The van der Waals surface area contributed by atoms with Crippen molar-refractivity contribution in [1.82, 2.24) is 19.9 Å². The Bertz CT molecular complexity index is 3730. The van der Waals surface area contributed by atoms with Crippen LogP contribution in [0.15, 0.2) is 267 Å². The van der Waals surface area contributed by atoms with E-state index in [1.165, 1.54) is 50.1 Å². The second-order valence-corrected chi connectivity index (χ2v) is 18.9. The molecular formula is C70H52N4. The fourth-order valence-corrected chi connectivity index (χ4v) is 10.1. The first-order valence-electron chi connectivity index (χ1n) is 25.5. The highest BCUT2D eigenvalue weighted by molar-refractivity contribution is 5.95. The van der Waals surface area contributed by atoms with Crippen LogP contribution in [0.2, 0.25) is 0 Å². The van der Waals surface area contributed by atoms with Crippen molar-refractivity contribution in [2.75, 3.05) is 0 Å². The Kier molecular flexibility index (Phi) is 13.1. The number of aromatic nitrogens is 4. The third kappa shape index (κ3) is 10.1. The van der Waals surface area contributed by atoms with E-state index < -0.39 is 0 Å². The molecular weight excluding hydrogens is 897 g/mol. The molecule has 0 amide bonds. The van der Waals surface area contributed by atoms with Crippen LogP contribution >= 0.6 is 0 Å². The van der Waals surface area contributed by atoms with Crippen molar-refractivity contribution in [3.05, 3.63) is 289 Å². The molecule has 12 rings (SSSR count). The van der Waals surface area contributed by atoms with Gasteiger partial charge >= 0.3 is 0 Å². The van der Waals surface area contributed by atoms with E-state index in [0.717, 1.165) is 98.4 Å². The summed E-state index contributed by atoms with van der Waals surface area (Å²) in [5, 5.41) is 0. The number of aryl methyl sites for hydroxylation is 4. The lowest BCUT2D eigenvalue weighted by Crippen LogP contribution is -1.98. The average molecular weight is 949 g/mol. The van der Waals surface area contributed by atoms with E-state index in [1.807, 2.05) is 60.9 Å². The van der Waals surface area contributed by atoms with Crippen LogP contribution in [0.4, 0.5) is 0 Å². The number of pyridine rings is 2. The Labute approximate surface area is 433 Å². The van der Waals surface area contributed by atoms with E-state index in [-0.39, 0.29) is 0 Å². The van der Waals surface area contributed by atoms with Crippen molar-refractivity contribution < 1.29 is 0 Å². The van der Waals surface area contributed by atoms with Gasteiger partial charge in [0.05, 0.1) is 33.8 Å². The van der Waals surface area contributed by atoms with E-state index in [9.17, 15) is 0 Å². The van der Waals surface area contributed by atoms with Crippen LogP contribution in [0.1, 0.15) is 22.3 Å². The minimum absolute atomic E-state index is 0.854. The summed E-state index contributed by atoms with van der Waals surface area (Å²) in [4.78, 5) is 19.8. The molecule has 0 atom stereocenters. The molecule has 9 aromatic carbocycles. The molecule has 0 bridgehead atoms. The summed E-state index contributed by atoms with van der Waals surface area (Å²) in [5.41, 5.74) is 24.3. The second-order valence-electron chi connectivity index (χ2n) is 18.9. The van der Waals surface area contributed by atoms with Crippen LogP contribution in [0.25, 0.3) is 101 Å². The number of hydrogen-bond acceptors (Lipinski definition) is 4. The van der Waals surface area contributed by atoms with Gasteiger partial charge in [0.1, 0.15) is 0 Å². The highest BCUT2D eigenvalue weighted by Gasteiger charge is 2.19. The van der Waals surface area contributed by atoms with Crippen LogP contribution in [-0.4, -0.2) is 19.9 Å². The SMILES string of the molecule is c1ccc(-c2ccc(-c3cc(-c4nc5ccccc5nc4-c4ccccc4)ccc3-c3ccccc3-c3cc(CCc4ccc(-c5ccccn5)cc4)cc(CCc4ccc(-c5ccccn5)cc4)c3)cc2)cc1. The van der Waals surface area contributed by atoms with Crippen LogP contribution in [0, 0.1) is 0 Å². The molecule has 0 aliphatic carbocycles. The molecule has 0 saturated heterocycles. The van der Waals surface area contributed by atoms with Gasteiger partial charge in [0.25, 0.3) is 0 Å². The number of benzene rings is 9. The normalized spacial score (nSPS) is 11.2. The smallest absolute Gasteiger partial charge is 0.0973 e. The van der Waals surface area contributed by atoms with Crippen molar-refractivity contribution in [3.8, 4) is 89.5 Å². The fourth-order valence-electron chi connectivity index (χ4n) is 10.1. The van der Waals surface area contributed by atoms with E-state index in [4.69, 9.17) is 9.97 Å². The van der Waals surface area contributed by atoms with Gasteiger partial charge in [0, 0.05) is 34.6 Å². The third-order valence-electron chi connectivity index (χ3n) is 14.0. The van der Waals surface area contributed by atoms with E-state index in [2.05, 4.69) is 216 Å². The fraction of sp³-hybridized carbons (Fsp3) is 0.0571. The lowest BCUT2D eigenvalue weighted by molar-refractivity contribution is 0.931. The molecule has 352 valence electrons. The molecule has 0 saturated carbocycles. The molecule has 0 N–H and O–H groups in total. The largest absolute Gasteiger partial charge is 0.256 e. The maximum Gasteiger partial charge on any atom is 0.0973 e. The monoisotopic (exact) mass is 948 g/mol. The summed E-state index contributed by atoms with van der Waals surface area (Å²) < 4.78 is 0. The summed E-state index contributed by atoms with van der Waals surface area (Å²) in [7, 11) is 0. The summed E-state index contributed by atoms with van der Waals surface area (Å²) in [6.45, 7) is 0. The molecule has 0 fully saturated rings. The van der Waals surface area contributed by atoms with Gasteiger partial charge in [-0.3, -0.25) is 9.97 Å².